The molecule has 1 aromatic heterocycles. The van der Waals surface area contributed by atoms with Crippen molar-refractivity contribution in [3.8, 4) is 28.8 Å². The Morgan fingerprint density at radius 1 is 1.09 bits per heavy atom. The second-order valence-corrected chi connectivity index (χ2v) is 5.31. The maximum absolute atomic E-state index is 9.37. The van der Waals surface area contributed by atoms with Crippen LogP contribution in [-0.4, -0.2) is 22.1 Å². The van der Waals surface area contributed by atoms with E-state index in [4.69, 9.17) is 4.74 Å². The minimum atomic E-state index is 0.302. The van der Waals surface area contributed by atoms with Crippen LogP contribution in [0, 0.1) is 25.2 Å². The van der Waals surface area contributed by atoms with Gasteiger partial charge in [-0.15, -0.1) is 5.10 Å². The number of nitriles is 1. The molecule has 0 radical (unpaired) electrons. The maximum Gasteiger partial charge on any atom is 0.191 e. The minimum Gasteiger partial charge on any atom is -0.497 e. The lowest BCUT2D eigenvalue weighted by Crippen LogP contribution is -2.00. The predicted molar refractivity (Wildman–Crippen MR) is 87.5 cm³/mol. The summed E-state index contributed by atoms with van der Waals surface area (Å²) < 4.78 is 6.94. The van der Waals surface area contributed by atoms with Gasteiger partial charge in [0.15, 0.2) is 5.69 Å². The molecule has 1 heterocycles. The molecule has 3 aromatic rings. The number of benzene rings is 2. The molecule has 0 fully saturated rings. The smallest absolute Gasteiger partial charge is 0.191 e. The zero-order valence-electron chi connectivity index (χ0n) is 13.2. The zero-order valence-corrected chi connectivity index (χ0v) is 13.2. The molecule has 0 aliphatic heterocycles. The van der Waals surface area contributed by atoms with Crippen molar-refractivity contribution >= 4 is 0 Å². The normalized spacial score (nSPS) is 10.3. The third-order valence-corrected chi connectivity index (χ3v) is 3.85. The number of aromatic nitrogens is 3. The molecule has 0 bridgehead atoms. The number of nitrogens with zero attached hydrogens (tertiary/aromatic N) is 4. The van der Waals surface area contributed by atoms with Crippen LogP contribution in [-0.2, 0) is 0 Å². The minimum absolute atomic E-state index is 0.302. The molecule has 5 nitrogen and oxygen atoms in total. The summed E-state index contributed by atoms with van der Waals surface area (Å²) in [6, 6.07) is 15.7. The second kappa shape index (κ2) is 5.93. The summed E-state index contributed by atoms with van der Waals surface area (Å²) in [4.78, 5) is 0. The van der Waals surface area contributed by atoms with Gasteiger partial charge < -0.3 is 4.74 Å². The molecule has 0 aliphatic carbocycles. The molecule has 0 spiro atoms. The first-order chi connectivity index (χ1) is 11.1. The molecule has 5 heteroatoms. The van der Waals surface area contributed by atoms with E-state index >= 15 is 0 Å². The van der Waals surface area contributed by atoms with Crippen LogP contribution in [0.3, 0.4) is 0 Å². The molecule has 0 saturated heterocycles. The fourth-order valence-electron chi connectivity index (χ4n) is 2.43. The second-order valence-electron chi connectivity index (χ2n) is 5.31. The number of rotatable bonds is 3. The van der Waals surface area contributed by atoms with E-state index in [0.29, 0.717) is 11.4 Å². The molecule has 0 unspecified atom stereocenters. The van der Waals surface area contributed by atoms with Crippen LogP contribution in [0.15, 0.2) is 42.5 Å². The number of aryl methyl sites for hydroxylation is 2. The van der Waals surface area contributed by atoms with Gasteiger partial charge in [-0.1, -0.05) is 23.4 Å². The molecular weight excluding hydrogens is 288 g/mol. The number of ether oxygens (including phenoxy) is 1. The third-order valence-electron chi connectivity index (χ3n) is 3.85. The Hall–Kier alpha value is -3.13. The number of hydrogen-bond acceptors (Lipinski definition) is 4. The number of hydrogen-bond donors (Lipinski definition) is 0. The van der Waals surface area contributed by atoms with Gasteiger partial charge in [0.25, 0.3) is 0 Å². The quantitative estimate of drug-likeness (QED) is 0.743. The highest BCUT2D eigenvalue weighted by Gasteiger charge is 2.17. The van der Waals surface area contributed by atoms with Gasteiger partial charge in [-0.3, -0.25) is 0 Å². The van der Waals surface area contributed by atoms with Gasteiger partial charge in [0.2, 0.25) is 0 Å². The van der Waals surface area contributed by atoms with Gasteiger partial charge in [-0.25, -0.2) is 4.68 Å². The van der Waals surface area contributed by atoms with Crippen LogP contribution in [0.1, 0.15) is 16.8 Å². The molecule has 114 valence electrons. The van der Waals surface area contributed by atoms with Crippen molar-refractivity contribution in [2.45, 2.75) is 13.8 Å². The van der Waals surface area contributed by atoms with Crippen LogP contribution >= 0.6 is 0 Å². The van der Waals surface area contributed by atoms with Gasteiger partial charge in [-0.2, -0.15) is 5.26 Å². The Balaban J connectivity index is 2.21. The largest absolute Gasteiger partial charge is 0.497 e. The first-order valence-electron chi connectivity index (χ1n) is 7.22. The summed E-state index contributed by atoms with van der Waals surface area (Å²) in [6.45, 7) is 4.10. The van der Waals surface area contributed by atoms with Crippen molar-refractivity contribution in [1.82, 2.24) is 15.0 Å². The fourth-order valence-corrected chi connectivity index (χ4v) is 2.43. The summed E-state index contributed by atoms with van der Waals surface area (Å²) in [5, 5.41) is 17.5. The number of methoxy groups -OCH3 is 1. The average molecular weight is 304 g/mol. The Morgan fingerprint density at radius 2 is 1.91 bits per heavy atom. The molecule has 0 N–H and O–H groups in total. The van der Waals surface area contributed by atoms with Crippen LogP contribution in [0.25, 0.3) is 16.9 Å². The molecule has 23 heavy (non-hydrogen) atoms. The van der Waals surface area contributed by atoms with Crippen LogP contribution in [0.5, 0.6) is 5.75 Å². The standard InChI is InChI=1S/C18H16N4O/c1-12-7-8-14(9-13(12)2)18-17(11-19)20-21-22(18)15-5-4-6-16(10-15)23-3/h4-10H,1-3H3. The summed E-state index contributed by atoms with van der Waals surface area (Å²) in [5.74, 6) is 0.725. The van der Waals surface area contributed by atoms with Crippen molar-refractivity contribution in [2.24, 2.45) is 0 Å². The van der Waals surface area contributed by atoms with Crippen molar-refractivity contribution in [3.63, 3.8) is 0 Å². The Morgan fingerprint density at radius 3 is 2.61 bits per heavy atom. The lowest BCUT2D eigenvalue weighted by atomic mass is 10.0. The summed E-state index contributed by atoms with van der Waals surface area (Å²) >= 11 is 0. The fraction of sp³-hybridized carbons (Fsp3) is 0.167. The molecule has 2 aromatic carbocycles. The lowest BCUT2D eigenvalue weighted by molar-refractivity contribution is 0.414. The van der Waals surface area contributed by atoms with E-state index in [1.165, 1.54) is 5.56 Å². The van der Waals surface area contributed by atoms with Crippen molar-refractivity contribution in [2.75, 3.05) is 7.11 Å². The van der Waals surface area contributed by atoms with Crippen LogP contribution in [0.2, 0.25) is 0 Å². The molecular formula is C18H16N4O. The topological polar surface area (TPSA) is 63.7 Å². The highest BCUT2D eigenvalue weighted by Crippen LogP contribution is 2.27. The van der Waals surface area contributed by atoms with E-state index in [9.17, 15) is 5.26 Å². The van der Waals surface area contributed by atoms with Crippen molar-refractivity contribution in [3.05, 3.63) is 59.3 Å². The van der Waals surface area contributed by atoms with Gasteiger partial charge in [0.05, 0.1) is 12.8 Å². The summed E-state index contributed by atoms with van der Waals surface area (Å²) in [5.41, 5.74) is 5.06. The average Bonchev–Trinajstić information content (AvgIpc) is 3.01. The van der Waals surface area contributed by atoms with E-state index in [-0.39, 0.29) is 0 Å². The first kappa shape index (κ1) is 14.8. The third kappa shape index (κ3) is 2.67. The van der Waals surface area contributed by atoms with E-state index < -0.39 is 0 Å². The lowest BCUT2D eigenvalue weighted by Gasteiger charge is -2.09. The SMILES string of the molecule is COc1cccc(-n2nnc(C#N)c2-c2ccc(C)c(C)c2)c1. The van der Waals surface area contributed by atoms with Crippen molar-refractivity contribution < 1.29 is 4.74 Å². The van der Waals surface area contributed by atoms with Gasteiger partial charge in [-0.05, 0) is 43.2 Å². The van der Waals surface area contributed by atoms with E-state index in [1.807, 2.05) is 49.4 Å². The van der Waals surface area contributed by atoms with Crippen LogP contribution < -0.4 is 4.74 Å². The maximum atomic E-state index is 9.37. The molecule has 0 aliphatic rings. The Kier molecular flexibility index (Phi) is 3.82. The predicted octanol–water partition coefficient (Wildman–Crippen LogP) is 3.43. The van der Waals surface area contributed by atoms with Crippen molar-refractivity contribution in [1.29, 1.82) is 5.26 Å². The van der Waals surface area contributed by atoms with Gasteiger partial charge in [0, 0.05) is 11.6 Å². The Labute approximate surface area is 134 Å². The van der Waals surface area contributed by atoms with E-state index in [2.05, 4.69) is 23.3 Å². The first-order valence-corrected chi connectivity index (χ1v) is 7.22. The van der Waals surface area contributed by atoms with E-state index in [1.54, 1.807) is 11.8 Å². The van der Waals surface area contributed by atoms with Crippen LogP contribution in [0.4, 0.5) is 0 Å². The molecule has 0 atom stereocenters. The molecule has 0 amide bonds. The summed E-state index contributed by atoms with van der Waals surface area (Å²) in [6.07, 6.45) is 0. The highest BCUT2D eigenvalue weighted by atomic mass is 16.5. The Bertz CT molecular complexity index is 906. The van der Waals surface area contributed by atoms with Gasteiger partial charge in [0.1, 0.15) is 17.5 Å². The summed E-state index contributed by atoms with van der Waals surface area (Å²) in [7, 11) is 1.62. The van der Waals surface area contributed by atoms with E-state index in [0.717, 1.165) is 22.6 Å². The molecule has 3 rings (SSSR count). The molecule has 0 saturated carbocycles. The van der Waals surface area contributed by atoms with Gasteiger partial charge >= 0.3 is 0 Å². The zero-order chi connectivity index (χ0) is 16.4. The highest BCUT2D eigenvalue weighted by molar-refractivity contribution is 5.68. The monoisotopic (exact) mass is 304 g/mol.